The van der Waals surface area contributed by atoms with E-state index in [0.717, 1.165) is 65.7 Å². The summed E-state index contributed by atoms with van der Waals surface area (Å²) in [6.45, 7) is 12.8. The Labute approximate surface area is 310 Å². The molecule has 0 heterocycles. The van der Waals surface area contributed by atoms with Crippen LogP contribution in [-0.2, 0) is 16.1 Å². The summed E-state index contributed by atoms with van der Waals surface area (Å²) >= 11 is 0. The summed E-state index contributed by atoms with van der Waals surface area (Å²) in [5.74, 6) is 4.99. The maximum absolute atomic E-state index is 13.3. The fourth-order valence-electron chi connectivity index (χ4n) is 12.9. The van der Waals surface area contributed by atoms with E-state index in [2.05, 4.69) is 107 Å². The van der Waals surface area contributed by atoms with Gasteiger partial charge in [-0.3, -0.25) is 0 Å². The van der Waals surface area contributed by atoms with Crippen LogP contribution in [-0.4, -0.2) is 12.3 Å². The number of benzene rings is 5. The van der Waals surface area contributed by atoms with Crippen molar-refractivity contribution in [2.24, 2.45) is 46.3 Å². The molecule has 8 atom stereocenters. The maximum atomic E-state index is 13.3. The van der Waals surface area contributed by atoms with Crippen LogP contribution in [0.2, 0.25) is 0 Å². The first kappa shape index (κ1) is 34.2. The van der Waals surface area contributed by atoms with Crippen LogP contribution < -0.4 is 0 Å². The molecule has 3 nitrogen and oxygen atoms in total. The second-order valence-electron chi connectivity index (χ2n) is 18.5. The van der Waals surface area contributed by atoms with Gasteiger partial charge in [-0.2, -0.15) is 0 Å². The van der Waals surface area contributed by atoms with Gasteiger partial charge in [-0.25, -0.2) is 4.79 Å². The van der Waals surface area contributed by atoms with Crippen molar-refractivity contribution in [1.82, 2.24) is 0 Å². The molecule has 0 saturated heterocycles. The second-order valence-corrected chi connectivity index (χ2v) is 18.5. The minimum Gasteiger partial charge on any atom is -0.431 e. The smallest absolute Gasteiger partial charge is 0.431 e. The molecule has 1 unspecified atom stereocenters. The predicted octanol–water partition coefficient (Wildman–Crippen LogP) is 13.8. The quantitative estimate of drug-likeness (QED) is 0.0702. The molecule has 3 heteroatoms. The Kier molecular flexibility index (Phi) is 8.59. The normalized spacial score (nSPS) is 30.7. The number of hydrogen-bond donors (Lipinski definition) is 0. The van der Waals surface area contributed by atoms with Crippen molar-refractivity contribution in [2.75, 3.05) is 0 Å². The van der Waals surface area contributed by atoms with Crippen molar-refractivity contribution in [1.29, 1.82) is 0 Å². The molecule has 0 aromatic heterocycles. The van der Waals surface area contributed by atoms with Gasteiger partial charge in [-0.05, 0) is 140 Å². The molecule has 52 heavy (non-hydrogen) atoms. The van der Waals surface area contributed by atoms with Crippen molar-refractivity contribution in [2.45, 2.75) is 118 Å². The van der Waals surface area contributed by atoms with Gasteiger partial charge in [0.05, 0.1) is 0 Å². The monoisotopic (exact) mass is 694 g/mol. The van der Waals surface area contributed by atoms with Gasteiger partial charge in [0, 0.05) is 6.42 Å². The predicted molar refractivity (Wildman–Crippen MR) is 216 cm³/mol. The molecule has 0 spiro atoms. The summed E-state index contributed by atoms with van der Waals surface area (Å²) in [6.07, 6.45) is 15.9. The molecule has 4 aliphatic rings. The third-order valence-corrected chi connectivity index (χ3v) is 15.5. The number of allylic oxidation sites excluding steroid dienone is 1. The van der Waals surface area contributed by atoms with Gasteiger partial charge in [0.15, 0.2) is 0 Å². The van der Waals surface area contributed by atoms with Crippen LogP contribution in [0.25, 0.3) is 43.1 Å². The highest BCUT2D eigenvalue weighted by Crippen LogP contribution is 2.67. The molecule has 9 rings (SSSR count). The first-order valence-electron chi connectivity index (χ1n) is 20.8. The number of hydrogen-bond acceptors (Lipinski definition) is 3. The molecule has 272 valence electrons. The fraction of sp³-hybridized carbons (Fsp3) is 0.531. The van der Waals surface area contributed by atoms with Crippen LogP contribution in [0.15, 0.2) is 78.4 Å². The molecule has 0 aliphatic heterocycles. The number of ether oxygens (including phenoxy) is 2. The Bertz CT molecular complexity index is 2110. The molecular formula is C49H58O3. The average molecular weight is 695 g/mol. The first-order valence-corrected chi connectivity index (χ1v) is 20.8. The average Bonchev–Trinajstić information content (AvgIpc) is 3.50. The zero-order chi connectivity index (χ0) is 35.8. The summed E-state index contributed by atoms with van der Waals surface area (Å²) < 4.78 is 12.0. The lowest BCUT2D eigenvalue weighted by Crippen LogP contribution is -2.51. The molecule has 5 aromatic carbocycles. The van der Waals surface area contributed by atoms with Crippen LogP contribution in [0, 0.1) is 46.3 Å². The summed E-state index contributed by atoms with van der Waals surface area (Å²) in [6, 6.07) is 24.0. The van der Waals surface area contributed by atoms with E-state index < -0.39 is 6.16 Å². The zero-order valence-corrected chi connectivity index (χ0v) is 32.2. The highest BCUT2D eigenvalue weighted by molar-refractivity contribution is 6.33. The maximum Gasteiger partial charge on any atom is 0.508 e. The van der Waals surface area contributed by atoms with Gasteiger partial charge in [-0.15, -0.1) is 0 Å². The molecule has 3 saturated carbocycles. The molecule has 0 N–H and O–H groups in total. The van der Waals surface area contributed by atoms with Crippen LogP contribution in [0.1, 0.15) is 111 Å². The lowest BCUT2D eigenvalue weighted by atomic mass is 9.47. The Balaban J connectivity index is 0.866. The standard InChI is InChI=1S/C49H58O3/c1-30(2)10-6-11-31(3)42-22-23-43-41-21-19-34-28-35(24-26-48(34,4)44(41)25-27-49(42,43)5)52-47(50)51-29-33-18-20-40-38-16-8-13-32-12-7-15-37(45(32)38)39-17-9-14-36(33)46(39)40/h7-9,12-20,30-31,35,41-44H,6,10-11,21-29H2,1-5H3/t31-,35?,41-,42+,43-,44-,48-,49+/m0/s1. The van der Waals surface area contributed by atoms with Crippen LogP contribution in [0.4, 0.5) is 4.79 Å². The van der Waals surface area contributed by atoms with Crippen molar-refractivity contribution in [3.63, 3.8) is 0 Å². The lowest BCUT2D eigenvalue weighted by molar-refractivity contribution is -0.0620. The third-order valence-electron chi connectivity index (χ3n) is 15.5. The summed E-state index contributed by atoms with van der Waals surface area (Å²) in [4.78, 5) is 13.3. The number of carbonyl (C=O) groups is 1. The minimum atomic E-state index is -0.536. The molecule has 0 radical (unpaired) electrons. The highest BCUT2D eigenvalue weighted by atomic mass is 16.7. The van der Waals surface area contributed by atoms with Gasteiger partial charge in [0.25, 0.3) is 0 Å². The molecule has 5 aromatic rings. The van der Waals surface area contributed by atoms with E-state index >= 15 is 0 Å². The van der Waals surface area contributed by atoms with Gasteiger partial charge in [0.1, 0.15) is 12.7 Å². The summed E-state index contributed by atoms with van der Waals surface area (Å²) in [5, 5.41) is 10.00. The Morgan fingerprint density at radius 2 is 1.48 bits per heavy atom. The van der Waals surface area contributed by atoms with E-state index in [-0.39, 0.29) is 18.1 Å². The third kappa shape index (κ3) is 5.46. The van der Waals surface area contributed by atoms with E-state index in [1.54, 1.807) is 5.57 Å². The Morgan fingerprint density at radius 3 is 2.25 bits per heavy atom. The Hall–Kier alpha value is -3.59. The van der Waals surface area contributed by atoms with E-state index in [1.165, 1.54) is 89.1 Å². The zero-order valence-electron chi connectivity index (χ0n) is 32.2. The molecule has 4 aliphatic carbocycles. The first-order chi connectivity index (χ1) is 25.2. The number of fused-ring (bicyclic) bond motifs is 7. The highest BCUT2D eigenvalue weighted by Gasteiger charge is 2.59. The van der Waals surface area contributed by atoms with E-state index in [4.69, 9.17) is 9.47 Å². The lowest BCUT2D eigenvalue weighted by Gasteiger charge is -2.58. The van der Waals surface area contributed by atoms with Gasteiger partial charge in [-0.1, -0.05) is 132 Å². The van der Waals surface area contributed by atoms with Crippen molar-refractivity contribution >= 4 is 49.2 Å². The topological polar surface area (TPSA) is 35.5 Å². The van der Waals surface area contributed by atoms with Crippen LogP contribution >= 0.6 is 0 Å². The van der Waals surface area contributed by atoms with Gasteiger partial charge in [0.2, 0.25) is 0 Å². The summed E-state index contributed by atoms with van der Waals surface area (Å²) in [5.41, 5.74) is 3.32. The SMILES string of the molecule is CC(C)CCC[C@H](C)[C@H]1CC[C@H]2[C@@H]3CC=C4CC(OC(=O)OCc5ccc6c7cccc8cccc(c9cccc5c96)c87)CC[C@]4(C)[C@H]3CC[C@]12C. The fourth-order valence-corrected chi connectivity index (χ4v) is 12.9. The second kappa shape index (κ2) is 13.1. The number of rotatable bonds is 8. The van der Waals surface area contributed by atoms with E-state index in [0.29, 0.717) is 5.41 Å². The van der Waals surface area contributed by atoms with Crippen molar-refractivity contribution in [3.8, 4) is 0 Å². The van der Waals surface area contributed by atoms with E-state index in [1.807, 2.05) is 0 Å². The Morgan fingerprint density at radius 1 is 0.769 bits per heavy atom. The van der Waals surface area contributed by atoms with Crippen LogP contribution in [0.5, 0.6) is 0 Å². The van der Waals surface area contributed by atoms with Crippen LogP contribution in [0.3, 0.4) is 0 Å². The van der Waals surface area contributed by atoms with E-state index in [9.17, 15) is 4.79 Å². The van der Waals surface area contributed by atoms with Gasteiger partial charge >= 0.3 is 6.16 Å². The van der Waals surface area contributed by atoms with Crippen molar-refractivity contribution in [3.05, 3.63) is 83.9 Å². The minimum absolute atomic E-state index is 0.104. The molecule has 0 bridgehead atoms. The molecular weight excluding hydrogens is 637 g/mol. The molecule has 0 amide bonds. The number of carbonyl (C=O) groups excluding carboxylic acids is 1. The largest absolute Gasteiger partial charge is 0.508 e. The van der Waals surface area contributed by atoms with Gasteiger partial charge < -0.3 is 9.47 Å². The van der Waals surface area contributed by atoms with Crippen molar-refractivity contribution < 1.29 is 14.3 Å². The molecule has 3 fully saturated rings. The summed E-state index contributed by atoms with van der Waals surface area (Å²) in [7, 11) is 0.